The molecule has 7 heteroatoms. The summed E-state index contributed by atoms with van der Waals surface area (Å²) in [6.45, 7) is 4.22. The molecule has 1 saturated heterocycles. The van der Waals surface area contributed by atoms with E-state index in [1.54, 1.807) is 33.5 Å². The van der Waals surface area contributed by atoms with Crippen LogP contribution in [0.1, 0.15) is 18.9 Å². The van der Waals surface area contributed by atoms with Crippen LogP contribution in [-0.2, 0) is 24.4 Å². The van der Waals surface area contributed by atoms with Gasteiger partial charge in [-0.2, -0.15) is 0 Å². The summed E-state index contributed by atoms with van der Waals surface area (Å²) in [7, 11) is 2.25. The molecule has 136 valence electrons. The maximum absolute atomic E-state index is 10.1. The van der Waals surface area contributed by atoms with Gasteiger partial charge in [0.2, 0.25) is 0 Å². The molecule has 0 spiro atoms. The maximum Gasteiger partial charge on any atom is 0.500 e. The summed E-state index contributed by atoms with van der Waals surface area (Å²) in [5.74, 6) is 1.05. The van der Waals surface area contributed by atoms with Gasteiger partial charge in [-0.1, -0.05) is 6.92 Å². The van der Waals surface area contributed by atoms with Crippen molar-refractivity contribution in [3.63, 3.8) is 0 Å². The monoisotopic (exact) mass is 356 g/mol. The molecular weight excluding hydrogens is 328 g/mol. The Morgan fingerprint density at radius 1 is 1.17 bits per heavy atom. The molecule has 0 atom stereocenters. The molecule has 1 heterocycles. The molecule has 0 aliphatic carbocycles. The van der Waals surface area contributed by atoms with Crippen molar-refractivity contribution in [3.05, 3.63) is 23.8 Å². The summed E-state index contributed by atoms with van der Waals surface area (Å²) in [4.78, 5) is 0. The van der Waals surface area contributed by atoms with Crippen molar-refractivity contribution >= 4 is 8.80 Å². The summed E-state index contributed by atoms with van der Waals surface area (Å²) in [5, 5.41) is 10.1. The van der Waals surface area contributed by atoms with E-state index in [9.17, 15) is 5.11 Å². The second kappa shape index (κ2) is 8.31. The molecular formula is C17H28O6Si. The van der Waals surface area contributed by atoms with E-state index in [0.717, 1.165) is 30.9 Å². The summed E-state index contributed by atoms with van der Waals surface area (Å²) < 4.78 is 27.4. The highest BCUT2D eigenvalue weighted by Crippen LogP contribution is 2.30. The first-order valence-corrected chi connectivity index (χ1v) is 10.1. The molecule has 1 aliphatic rings. The number of ether oxygens (including phenoxy) is 2. The zero-order valence-corrected chi connectivity index (χ0v) is 16.0. The van der Waals surface area contributed by atoms with Crippen molar-refractivity contribution in [2.45, 2.75) is 25.8 Å². The van der Waals surface area contributed by atoms with Crippen LogP contribution in [-0.4, -0.2) is 55.1 Å². The highest BCUT2D eigenvalue weighted by atomic mass is 28.4. The van der Waals surface area contributed by atoms with Gasteiger partial charge in [0.05, 0.1) is 19.8 Å². The molecule has 0 aromatic heterocycles. The number of phenols is 1. The van der Waals surface area contributed by atoms with Gasteiger partial charge in [0.25, 0.3) is 0 Å². The molecule has 1 fully saturated rings. The normalized spacial score (nSPS) is 16.7. The van der Waals surface area contributed by atoms with E-state index in [-0.39, 0.29) is 11.2 Å². The Hall–Kier alpha value is -1.12. The predicted octanol–water partition coefficient (Wildman–Crippen LogP) is 2.62. The van der Waals surface area contributed by atoms with Crippen LogP contribution in [0.15, 0.2) is 18.2 Å². The van der Waals surface area contributed by atoms with E-state index in [0.29, 0.717) is 19.1 Å². The van der Waals surface area contributed by atoms with Crippen LogP contribution in [0.2, 0.25) is 6.04 Å². The van der Waals surface area contributed by atoms with Gasteiger partial charge in [0.15, 0.2) is 0 Å². The highest BCUT2D eigenvalue weighted by molar-refractivity contribution is 6.60. The second-order valence-corrected chi connectivity index (χ2v) is 9.62. The Morgan fingerprint density at radius 2 is 1.83 bits per heavy atom. The zero-order chi connectivity index (χ0) is 17.6. The number of hydrogen-bond donors (Lipinski definition) is 1. The van der Waals surface area contributed by atoms with Crippen molar-refractivity contribution < 1.29 is 27.9 Å². The third-order valence-corrected chi connectivity index (χ3v) is 7.23. The van der Waals surface area contributed by atoms with Gasteiger partial charge in [-0.05, 0) is 36.6 Å². The van der Waals surface area contributed by atoms with Gasteiger partial charge in [-0.15, -0.1) is 0 Å². The Kier molecular flexibility index (Phi) is 6.65. The smallest absolute Gasteiger partial charge is 0.500 e. The first kappa shape index (κ1) is 19.2. The predicted molar refractivity (Wildman–Crippen MR) is 92.4 cm³/mol. The lowest BCUT2D eigenvalue weighted by Crippen LogP contribution is -2.44. The summed E-state index contributed by atoms with van der Waals surface area (Å²) in [5.41, 5.74) is 0.951. The molecule has 0 bridgehead atoms. The first-order chi connectivity index (χ1) is 11.5. The number of hydrogen-bond acceptors (Lipinski definition) is 6. The summed E-state index contributed by atoms with van der Waals surface area (Å²) >= 11 is 0. The fourth-order valence-corrected chi connectivity index (χ4v) is 4.42. The van der Waals surface area contributed by atoms with Crippen molar-refractivity contribution in [1.29, 1.82) is 0 Å². The molecule has 1 aromatic carbocycles. The average molecular weight is 356 g/mol. The van der Waals surface area contributed by atoms with Crippen molar-refractivity contribution in [2.75, 3.05) is 41.2 Å². The molecule has 1 N–H and O–H groups in total. The van der Waals surface area contributed by atoms with Gasteiger partial charge in [0, 0.05) is 32.8 Å². The minimum absolute atomic E-state index is 0.0959. The fourth-order valence-electron chi connectivity index (χ4n) is 2.69. The number of rotatable bonds is 10. The van der Waals surface area contributed by atoms with Crippen LogP contribution in [0, 0.1) is 5.41 Å². The lowest BCUT2D eigenvalue weighted by Gasteiger charge is -2.37. The molecule has 0 amide bonds. The highest BCUT2D eigenvalue weighted by Gasteiger charge is 2.37. The number of benzene rings is 1. The van der Waals surface area contributed by atoms with E-state index in [1.165, 1.54) is 0 Å². The molecule has 0 unspecified atom stereocenters. The molecule has 24 heavy (non-hydrogen) atoms. The van der Waals surface area contributed by atoms with Crippen molar-refractivity contribution in [2.24, 2.45) is 5.41 Å². The van der Waals surface area contributed by atoms with Gasteiger partial charge in [0.1, 0.15) is 11.5 Å². The maximum atomic E-state index is 10.1. The van der Waals surface area contributed by atoms with E-state index >= 15 is 0 Å². The molecule has 0 radical (unpaired) electrons. The van der Waals surface area contributed by atoms with Crippen LogP contribution in [0.5, 0.6) is 11.5 Å². The number of phenolic OH excluding ortho intramolecular Hbond substituents is 1. The van der Waals surface area contributed by atoms with E-state index in [2.05, 4.69) is 6.92 Å². The number of aryl methyl sites for hydroxylation is 1. The van der Waals surface area contributed by atoms with Crippen molar-refractivity contribution in [1.82, 2.24) is 0 Å². The van der Waals surface area contributed by atoms with E-state index in [1.807, 2.05) is 6.07 Å². The van der Waals surface area contributed by atoms with Crippen LogP contribution in [0.4, 0.5) is 0 Å². The van der Waals surface area contributed by atoms with Crippen LogP contribution < -0.4 is 4.74 Å². The van der Waals surface area contributed by atoms with Gasteiger partial charge < -0.3 is 27.9 Å². The fraction of sp³-hybridized carbons (Fsp3) is 0.647. The Balaban J connectivity index is 1.91. The Labute approximate surface area is 145 Å². The van der Waals surface area contributed by atoms with E-state index in [4.69, 9.17) is 22.8 Å². The number of aromatic hydroxyl groups is 1. The topological polar surface area (TPSA) is 66.4 Å². The average Bonchev–Trinajstić information content (AvgIpc) is 2.58. The second-order valence-electron chi connectivity index (χ2n) is 6.53. The largest absolute Gasteiger partial charge is 0.508 e. The zero-order valence-electron chi connectivity index (χ0n) is 15.0. The Bertz CT molecular complexity index is 520. The van der Waals surface area contributed by atoms with Gasteiger partial charge in [-0.3, -0.25) is 0 Å². The lowest BCUT2D eigenvalue weighted by atomic mass is 9.90. The molecule has 2 rings (SSSR count). The molecule has 0 saturated carbocycles. The summed E-state index contributed by atoms with van der Waals surface area (Å²) in [6.07, 6.45) is 1.50. The van der Waals surface area contributed by atoms with Crippen LogP contribution >= 0.6 is 0 Å². The molecule has 6 nitrogen and oxygen atoms in total. The standard InChI is InChI=1S/C17H28O6Si/c1-17(11-22-12-17)13-23-15-7-8-16(18)14(10-15)6-5-9-24(19-2,20-3)21-4/h7-8,10,18H,5-6,9,11-13H2,1-4H3. The first-order valence-electron chi connectivity index (χ1n) is 8.14. The molecule has 1 aliphatic heterocycles. The SMILES string of the molecule is CO[Si](CCCc1cc(OCC2(C)COC2)ccc1O)(OC)OC. The minimum Gasteiger partial charge on any atom is -0.508 e. The van der Waals surface area contributed by atoms with Crippen molar-refractivity contribution in [3.8, 4) is 11.5 Å². The third kappa shape index (κ3) is 4.70. The Morgan fingerprint density at radius 3 is 2.38 bits per heavy atom. The van der Waals surface area contributed by atoms with Gasteiger partial charge in [-0.25, -0.2) is 0 Å². The summed E-state index contributed by atoms with van der Waals surface area (Å²) in [6, 6.07) is 6.06. The minimum atomic E-state index is -2.57. The van der Waals surface area contributed by atoms with Crippen LogP contribution in [0.25, 0.3) is 0 Å². The lowest BCUT2D eigenvalue weighted by molar-refractivity contribution is -0.120. The molecule has 1 aromatic rings. The van der Waals surface area contributed by atoms with Gasteiger partial charge >= 0.3 is 8.80 Å². The van der Waals surface area contributed by atoms with Crippen LogP contribution in [0.3, 0.4) is 0 Å². The van der Waals surface area contributed by atoms with E-state index < -0.39 is 8.80 Å². The quantitative estimate of drug-likeness (QED) is 0.650. The third-order valence-electron chi connectivity index (χ3n) is 4.40.